The molecule has 1 nitrogen and oxygen atoms in total. The molecule has 0 atom stereocenters. The molecule has 0 aliphatic rings. The molecule has 82 valence electrons. The Labute approximate surface area is 100 Å². The van der Waals surface area contributed by atoms with Gasteiger partial charge >= 0.3 is 0 Å². The largest absolute Gasteiger partial charge is 0.497 e. The number of halogens is 1. The van der Waals surface area contributed by atoms with Crippen LogP contribution in [-0.4, -0.2) is 12.4 Å². The third-order valence-electron chi connectivity index (χ3n) is 2.36. The van der Waals surface area contributed by atoms with Gasteiger partial charge in [-0.3, -0.25) is 0 Å². The van der Waals surface area contributed by atoms with Crippen LogP contribution in [0.5, 0.6) is 5.75 Å². The zero-order valence-corrected chi connectivity index (χ0v) is 11.0. The highest BCUT2D eigenvalue weighted by Gasteiger charge is 2.01. The Morgan fingerprint density at radius 3 is 2.33 bits per heavy atom. The van der Waals surface area contributed by atoms with E-state index in [0.717, 1.165) is 11.1 Å². The van der Waals surface area contributed by atoms with Gasteiger partial charge in [-0.2, -0.15) is 0 Å². The van der Waals surface area contributed by atoms with E-state index in [0.29, 0.717) is 5.92 Å². The summed E-state index contributed by atoms with van der Waals surface area (Å²) < 4.78 is 5.12. The summed E-state index contributed by atoms with van der Waals surface area (Å²) in [4.78, 5) is 0. The van der Waals surface area contributed by atoms with Gasteiger partial charge in [-0.15, -0.1) is 0 Å². The van der Waals surface area contributed by atoms with Crippen molar-refractivity contribution in [2.24, 2.45) is 5.92 Å². The lowest BCUT2D eigenvalue weighted by molar-refractivity contribution is 0.415. The molecule has 1 aromatic carbocycles. The fourth-order valence-electron chi connectivity index (χ4n) is 1.27. The number of hydrogen-bond acceptors (Lipinski definition) is 1. The van der Waals surface area contributed by atoms with E-state index in [9.17, 15) is 0 Å². The molecule has 0 saturated carbocycles. The summed E-state index contributed by atoms with van der Waals surface area (Å²) in [7, 11) is 1.68. The minimum absolute atomic E-state index is 0.575. The van der Waals surface area contributed by atoms with E-state index >= 15 is 0 Å². The van der Waals surface area contributed by atoms with Crippen LogP contribution in [-0.2, 0) is 0 Å². The lowest BCUT2D eigenvalue weighted by atomic mass is 10.0. The molecule has 1 aromatic rings. The molecule has 1 rings (SSSR count). The zero-order chi connectivity index (χ0) is 11.3. The molecule has 0 heterocycles. The molecule has 0 N–H and O–H groups in total. The normalized spacial score (nSPS) is 11.9. The van der Waals surface area contributed by atoms with E-state index in [1.807, 2.05) is 12.1 Å². The van der Waals surface area contributed by atoms with Gasteiger partial charge in [0.1, 0.15) is 5.75 Å². The van der Waals surface area contributed by atoms with Crippen molar-refractivity contribution in [2.45, 2.75) is 13.8 Å². The maximum absolute atomic E-state index is 5.12. The number of rotatable bonds is 4. The first kappa shape index (κ1) is 12.3. The van der Waals surface area contributed by atoms with Gasteiger partial charge in [-0.25, -0.2) is 0 Å². The number of methoxy groups -OCH3 is 1. The lowest BCUT2D eigenvalue weighted by Gasteiger charge is -2.08. The van der Waals surface area contributed by atoms with Crippen LogP contribution in [0.15, 0.2) is 29.8 Å². The summed E-state index contributed by atoms with van der Waals surface area (Å²) in [5.74, 6) is 1.48. The van der Waals surface area contributed by atoms with Gasteiger partial charge in [0.15, 0.2) is 0 Å². The van der Waals surface area contributed by atoms with E-state index in [1.54, 1.807) is 7.11 Å². The smallest absolute Gasteiger partial charge is 0.118 e. The number of allylic oxidation sites excluding steroid dienone is 1. The van der Waals surface area contributed by atoms with Gasteiger partial charge in [0.25, 0.3) is 0 Å². The number of alkyl halides is 1. The standard InChI is InChI=1S/C13H17BrO/c1-10(2)12(9-14)8-11-4-6-13(15-3)7-5-11/h4-8,10H,9H2,1-3H3. The van der Waals surface area contributed by atoms with Crippen LogP contribution in [0.2, 0.25) is 0 Å². The molecule has 0 unspecified atom stereocenters. The average Bonchev–Trinajstić information content (AvgIpc) is 2.26. The first-order chi connectivity index (χ1) is 7.17. The Hall–Kier alpha value is -0.760. The fourth-order valence-corrected chi connectivity index (χ4v) is 2.08. The molecule has 0 bridgehead atoms. The van der Waals surface area contributed by atoms with Gasteiger partial charge in [0.2, 0.25) is 0 Å². The van der Waals surface area contributed by atoms with Crippen molar-refractivity contribution in [3.8, 4) is 5.75 Å². The highest BCUT2D eigenvalue weighted by Crippen LogP contribution is 2.18. The molecular weight excluding hydrogens is 252 g/mol. The van der Waals surface area contributed by atoms with Crippen molar-refractivity contribution in [3.63, 3.8) is 0 Å². The van der Waals surface area contributed by atoms with E-state index in [4.69, 9.17) is 4.74 Å². The van der Waals surface area contributed by atoms with Crippen molar-refractivity contribution in [2.75, 3.05) is 12.4 Å². The number of benzene rings is 1. The molecule has 2 heteroatoms. The van der Waals surface area contributed by atoms with Crippen molar-refractivity contribution < 1.29 is 4.74 Å². The summed E-state index contributed by atoms with van der Waals surface area (Å²) in [6.45, 7) is 4.41. The van der Waals surface area contributed by atoms with Crippen LogP contribution in [0, 0.1) is 5.92 Å². The summed E-state index contributed by atoms with van der Waals surface area (Å²) in [6.07, 6.45) is 2.22. The van der Waals surface area contributed by atoms with Crippen molar-refractivity contribution in [3.05, 3.63) is 35.4 Å². The van der Waals surface area contributed by atoms with Crippen LogP contribution in [0.3, 0.4) is 0 Å². The molecule has 0 saturated heterocycles. The molecule has 0 aliphatic carbocycles. The number of ether oxygens (including phenoxy) is 1. The minimum Gasteiger partial charge on any atom is -0.497 e. The monoisotopic (exact) mass is 268 g/mol. The van der Waals surface area contributed by atoms with Gasteiger partial charge in [0.05, 0.1) is 7.11 Å². The second-order valence-electron chi connectivity index (χ2n) is 3.78. The first-order valence-corrected chi connectivity index (χ1v) is 6.20. The van der Waals surface area contributed by atoms with E-state index in [-0.39, 0.29) is 0 Å². The van der Waals surface area contributed by atoms with Crippen LogP contribution in [0.4, 0.5) is 0 Å². The molecule has 0 spiro atoms. The Kier molecular flexibility index (Phi) is 4.89. The van der Waals surface area contributed by atoms with E-state index < -0.39 is 0 Å². The van der Waals surface area contributed by atoms with Crippen LogP contribution >= 0.6 is 15.9 Å². The predicted octanol–water partition coefficient (Wildman–Crippen LogP) is 4.13. The van der Waals surface area contributed by atoms with Gasteiger partial charge in [-0.05, 0) is 23.6 Å². The summed E-state index contributed by atoms with van der Waals surface area (Å²) >= 11 is 3.51. The topological polar surface area (TPSA) is 9.23 Å². The second-order valence-corrected chi connectivity index (χ2v) is 4.34. The van der Waals surface area contributed by atoms with Crippen LogP contribution in [0.25, 0.3) is 6.08 Å². The SMILES string of the molecule is COc1ccc(C=C(CBr)C(C)C)cc1. The minimum atomic E-state index is 0.575. The molecule has 0 aliphatic heterocycles. The third kappa shape index (κ3) is 3.71. The predicted molar refractivity (Wildman–Crippen MR) is 69.6 cm³/mol. The Balaban J connectivity index is 2.87. The van der Waals surface area contributed by atoms with E-state index in [2.05, 4.69) is 48.0 Å². The number of hydrogen-bond donors (Lipinski definition) is 0. The third-order valence-corrected chi connectivity index (χ3v) is 3.01. The fraction of sp³-hybridized carbons (Fsp3) is 0.385. The zero-order valence-electron chi connectivity index (χ0n) is 9.46. The molecule has 0 fully saturated rings. The maximum atomic E-state index is 5.12. The van der Waals surface area contributed by atoms with Crippen molar-refractivity contribution >= 4 is 22.0 Å². The summed E-state index contributed by atoms with van der Waals surface area (Å²) in [5, 5.41) is 0.927. The molecule has 0 radical (unpaired) electrons. The van der Waals surface area contributed by atoms with Crippen LogP contribution < -0.4 is 4.74 Å². The van der Waals surface area contributed by atoms with Gasteiger partial charge in [-0.1, -0.05) is 53.6 Å². The quantitative estimate of drug-likeness (QED) is 0.747. The van der Waals surface area contributed by atoms with Crippen molar-refractivity contribution in [1.82, 2.24) is 0 Å². The Bertz CT molecular complexity index is 325. The van der Waals surface area contributed by atoms with E-state index in [1.165, 1.54) is 11.1 Å². The highest BCUT2D eigenvalue weighted by molar-refractivity contribution is 9.09. The molecule has 0 aromatic heterocycles. The van der Waals surface area contributed by atoms with Crippen molar-refractivity contribution in [1.29, 1.82) is 0 Å². The molecular formula is C13H17BrO. The maximum Gasteiger partial charge on any atom is 0.118 e. The molecule has 0 amide bonds. The lowest BCUT2D eigenvalue weighted by Crippen LogP contribution is -1.94. The Morgan fingerprint density at radius 2 is 1.93 bits per heavy atom. The summed E-state index contributed by atoms with van der Waals surface area (Å²) in [6, 6.07) is 8.11. The second kappa shape index (κ2) is 5.96. The Morgan fingerprint density at radius 1 is 1.33 bits per heavy atom. The van der Waals surface area contributed by atoms with Gasteiger partial charge < -0.3 is 4.74 Å². The molecule has 15 heavy (non-hydrogen) atoms. The first-order valence-electron chi connectivity index (χ1n) is 5.08. The van der Waals surface area contributed by atoms with Gasteiger partial charge in [0, 0.05) is 5.33 Å². The summed E-state index contributed by atoms with van der Waals surface area (Å²) in [5.41, 5.74) is 2.62. The highest BCUT2D eigenvalue weighted by atomic mass is 79.9. The van der Waals surface area contributed by atoms with Crippen LogP contribution in [0.1, 0.15) is 19.4 Å². The average molecular weight is 269 g/mol.